The number of hydrogen-bond donors (Lipinski definition) is 3. The molecule has 24 heavy (non-hydrogen) atoms. The van der Waals surface area contributed by atoms with Gasteiger partial charge in [-0.25, -0.2) is 4.98 Å². The largest absolute Gasteiger partial charge is 0.490 e. The molecule has 0 saturated heterocycles. The zero-order valence-corrected chi connectivity index (χ0v) is 13.3. The Morgan fingerprint density at radius 2 is 2.12 bits per heavy atom. The standard InChI is InChI=1S/C18H20N4O2/c23-18-15-8-7-14(11-16(15)21-22-18)24-13-5-3-4-12(10-13)20-17-6-1-2-9-19-17/h1-2,6-9,11-13H,3-5,10H2,(H,19,20)(H2,21,22,23). The fourth-order valence-electron chi connectivity index (χ4n) is 3.32. The van der Waals surface area contributed by atoms with E-state index in [1.165, 1.54) is 0 Å². The Bertz CT molecular complexity index is 871. The number of rotatable bonds is 4. The minimum Gasteiger partial charge on any atom is -0.490 e. The number of anilines is 1. The number of pyridine rings is 1. The van der Waals surface area contributed by atoms with Gasteiger partial charge in [0.1, 0.15) is 17.7 Å². The molecule has 124 valence electrons. The van der Waals surface area contributed by atoms with E-state index >= 15 is 0 Å². The first-order valence-electron chi connectivity index (χ1n) is 8.32. The number of nitrogens with zero attached hydrogens (tertiary/aromatic N) is 1. The van der Waals surface area contributed by atoms with Crippen molar-refractivity contribution in [3.63, 3.8) is 0 Å². The van der Waals surface area contributed by atoms with E-state index in [1.54, 1.807) is 12.3 Å². The smallest absolute Gasteiger partial charge is 0.271 e. The molecule has 0 radical (unpaired) electrons. The van der Waals surface area contributed by atoms with Gasteiger partial charge in [0.15, 0.2) is 0 Å². The van der Waals surface area contributed by atoms with E-state index < -0.39 is 0 Å². The molecule has 0 bridgehead atoms. The lowest BCUT2D eigenvalue weighted by Gasteiger charge is -2.30. The Labute approximate surface area is 139 Å². The summed E-state index contributed by atoms with van der Waals surface area (Å²) in [4.78, 5) is 15.9. The summed E-state index contributed by atoms with van der Waals surface area (Å²) in [6.07, 6.45) is 6.20. The maximum atomic E-state index is 11.6. The summed E-state index contributed by atoms with van der Waals surface area (Å²) in [6, 6.07) is 11.8. The summed E-state index contributed by atoms with van der Waals surface area (Å²) in [6.45, 7) is 0. The third kappa shape index (κ3) is 3.13. The molecule has 6 nitrogen and oxygen atoms in total. The van der Waals surface area contributed by atoms with E-state index in [0.717, 1.165) is 42.8 Å². The highest BCUT2D eigenvalue weighted by Gasteiger charge is 2.23. The van der Waals surface area contributed by atoms with Gasteiger partial charge in [-0.15, -0.1) is 0 Å². The lowest BCUT2D eigenvalue weighted by atomic mass is 9.92. The Hall–Kier alpha value is -2.76. The summed E-state index contributed by atoms with van der Waals surface area (Å²) in [5, 5.41) is 9.60. The number of aromatic nitrogens is 3. The Morgan fingerprint density at radius 1 is 1.17 bits per heavy atom. The van der Waals surface area contributed by atoms with E-state index in [4.69, 9.17) is 4.74 Å². The van der Waals surface area contributed by atoms with E-state index in [1.807, 2.05) is 30.3 Å². The molecular formula is C18H20N4O2. The normalized spacial score (nSPS) is 20.8. The highest BCUT2D eigenvalue weighted by atomic mass is 16.5. The molecule has 0 amide bonds. The van der Waals surface area contributed by atoms with Gasteiger partial charge in [0.05, 0.1) is 10.9 Å². The number of H-pyrrole nitrogens is 2. The second kappa shape index (κ2) is 6.39. The third-order valence-electron chi connectivity index (χ3n) is 4.49. The number of benzene rings is 1. The lowest BCUT2D eigenvalue weighted by molar-refractivity contribution is 0.148. The minimum atomic E-state index is -0.103. The summed E-state index contributed by atoms with van der Waals surface area (Å²) >= 11 is 0. The van der Waals surface area contributed by atoms with E-state index in [0.29, 0.717) is 11.4 Å². The topological polar surface area (TPSA) is 82.8 Å². The van der Waals surface area contributed by atoms with Crippen LogP contribution in [0.5, 0.6) is 5.75 Å². The molecule has 3 aromatic rings. The van der Waals surface area contributed by atoms with Gasteiger partial charge < -0.3 is 10.1 Å². The first-order chi connectivity index (χ1) is 11.8. The molecule has 1 saturated carbocycles. The Kier molecular flexibility index (Phi) is 3.94. The zero-order chi connectivity index (χ0) is 16.4. The molecule has 2 atom stereocenters. The second-order valence-electron chi connectivity index (χ2n) is 6.25. The van der Waals surface area contributed by atoms with Gasteiger partial charge in [0.25, 0.3) is 5.56 Å². The van der Waals surface area contributed by atoms with E-state index in [2.05, 4.69) is 20.5 Å². The van der Waals surface area contributed by atoms with Crippen molar-refractivity contribution < 1.29 is 4.74 Å². The van der Waals surface area contributed by atoms with Crippen LogP contribution in [0.2, 0.25) is 0 Å². The van der Waals surface area contributed by atoms with Crippen LogP contribution in [0.3, 0.4) is 0 Å². The summed E-state index contributed by atoms with van der Waals surface area (Å²) in [7, 11) is 0. The van der Waals surface area contributed by atoms with Crippen molar-refractivity contribution >= 4 is 16.7 Å². The van der Waals surface area contributed by atoms with Crippen LogP contribution in [-0.2, 0) is 0 Å². The fourth-order valence-corrected chi connectivity index (χ4v) is 3.32. The van der Waals surface area contributed by atoms with Gasteiger partial charge in [-0.2, -0.15) is 0 Å². The van der Waals surface area contributed by atoms with Crippen LogP contribution in [0.15, 0.2) is 47.4 Å². The van der Waals surface area contributed by atoms with Gasteiger partial charge in [-0.1, -0.05) is 6.07 Å². The van der Waals surface area contributed by atoms with E-state index in [9.17, 15) is 4.79 Å². The average Bonchev–Trinajstić information content (AvgIpc) is 2.97. The first kappa shape index (κ1) is 14.8. The molecule has 6 heteroatoms. The van der Waals surface area contributed by atoms with Gasteiger partial charge >= 0.3 is 0 Å². The van der Waals surface area contributed by atoms with Crippen LogP contribution in [0.4, 0.5) is 5.82 Å². The second-order valence-corrected chi connectivity index (χ2v) is 6.25. The van der Waals surface area contributed by atoms with Gasteiger partial charge in [-0.05, 0) is 43.5 Å². The summed E-state index contributed by atoms with van der Waals surface area (Å²) in [5.74, 6) is 1.70. The molecule has 1 fully saturated rings. The maximum Gasteiger partial charge on any atom is 0.271 e. The summed E-state index contributed by atoms with van der Waals surface area (Å²) in [5.41, 5.74) is 0.672. The van der Waals surface area contributed by atoms with Crippen LogP contribution in [0.25, 0.3) is 10.9 Å². The first-order valence-corrected chi connectivity index (χ1v) is 8.32. The van der Waals surface area contributed by atoms with Gasteiger partial charge in [0, 0.05) is 24.7 Å². The minimum absolute atomic E-state index is 0.103. The highest BCUT2D eigenvalue weighted by molar-refractivity contribution is 5.79. The van der Waals surface area contributed by atoms with Crippen molar-refractivity contribution in [1.29, 1.82) is 0 Å². The number of aromatic amines is 2. The monoisotopic (exact) mass is 324 g/mol. The van der Waals surface area contributed by atoms with Crippen molar-refractivity contribution in [2.45, 2.75) is 37.8 Å². The maximum absolute atomic E-state index is 11.6. The van der Waals surface area contributed by atoms with Crippen LogP contribution >= 0.6 is 0 Å². The van der Waals surface area contributed by atoms with Crippen LogP contribution in [0, 0.1) is 0 Å². The van der Waals surface area contributed by atoms with Crippen molar-refractivity contribution in [2.75, 3.05) is 5.32 Å². The van der Waals surface area contributed by atoms with Crippen molar-refractivity contribution in [1.82, 2.24) is 15.2 Å². The Morgan fingerprint density at radius 3 is 3.00 bits per heavy atom. The Balaban J connectivity index is 1.42. The number of nitrogens with one attached hydrogen (secondary N) is 3. The van der Waals surface area contributed by atoms with Crippen LogP contribution in [0.1, 0.15) is 25.7 Å². The SMILES string of the molecule is O=c1[nH][nH]c2cc(OC3CCCC(Nc4ccccn4)C3)ccc12. The zero-order valence-electron chi connectivity index (χ0n) is 13.3. The van der Waals surface area contributed by atoms with Crippen molar-refractivity contribution in [2.24, 2.45) is 0 Å². The molecular weight excluding hydrogens is 304 g/mol. The molecule has 1 aromatic carbocycles. The number of ether oxygens (including phenoxy) is 1. The number of hydrogen-bond acceptors (Lipinski definition) is 4. The molecule has 1 aliphatic carbocycles. The molecule has 2 unspecified atom stereocenters. The van der Waals surface area contributed by atoms with Crippen LogP contribution < -0.4 is 15.6 Å². The van der Waals surface area contributed by atoms with Gasteiger partial charge in [0.2, 0.25) is 0 Å². The molecule has 3 N–H and O–H groups in total. The fraction of sp³-hybridized carbons (Fsp3) is 0.333. The third-order valence-corrected chi connectivity index (χ3v) is 4.49. The average molecular weight is 324 g/mol. The summed E-state index contributed by atoms with van der Waals surface area (Å²) < 4.78 is 6.14. The van der Waals surface area contributed by atoms with Crippen molar-refractivity contribution in [3.8, 4) is 5.75 Å². The molecule has 2 heterocycles. The molecule has 0 spiro atoms. The molecule has 2 aromatic heterocycles. The van der Waals surface area contributed by atoms with Crippen LogP contribution in [-0.4, -0.2) is 27.3 Å². The van der Waals surface area contributed by atoms with E-state index in [-0.39, 0.29) is 11.7 Å². The molecule has 0 aliphatic heterocycles. The lowest BCUT2D eigenvalue weighted by Crippen LogP contribution is -2.33. The highest BCUT2D eigenvalue weighted by Crippen LogP contribution is 2.26. The quantitative estimate of drug-likeness (QED) is 0.689. The van der Waals surface area contributed by atoms with Gasteiger partial charge in [-0.3, -0.25) is 15.0 Å². The van der Waals surface area contributed by atoms with Crippen molar-refractivity contribution in [3.05, 3.63) is 52.9 Å². The molecule has 1 aliphatic rings. The number of fused-ring (bicyclic) bond motifs is 1. The predicted octanol–water partition coefficient (Wildman–Crippen LogP) is 3.05. The predicted molar refractivity (Wildman–Crippen MR) is 93.5 cm³/mol. The molecule has 4 rings (SSSR count).